The first-order valence-electron chi connectivity index (χ1n) is 7.67. The van der Waals surface area contributed by atoms with Crippen LogP contribution in [-0.4, -0.2) is 22.6 Å². The number of aromatic hydroxyl groups is 2. The molecule has 2 N–H and O–H groups in total. The van der Waals surface area contributed by atoms with E-state index in [1.807, 2.05) is 48.5 Å². The Hall–Kier alpha value is -1.94. The van der Waals surface area contributed by atoms with Gasteiger partial charge in [0.05, 0.1) is 11.4 Å². The predicted octanol–water partition coefficient (Wildman–Crippen LogP) is 5.81. The molecule has 0 saturated heterocycles. The van der Waals surface area contributed by atoms with Crippen molar-refractivity contribution < 1.29 is 10.2 Å². The number of nitrogens with zero attached hydrogens (tertiary/aromatic N) is 2. The molecule has 0 unspecified atom stereocenters. The largest absolute Gasteiger partial charge is 0.507 e. The Morgan fingerprint density at radius 3 is 1.50 bits per heavy atom. The highest BCUT2D eigenvalue weighted by atomic mass is 127. The molecule has 130 valence electrons. The van der Waals surface area contributed by atoms with Gasteiger partial charge in [-0.25, -0.2) is 0 Å². The first kappa shape index (κ1) is 18.8. The second kappa shape index (κ2) is 8.63. The lowest BCUT2D eigenvalue weighted by molar-refractivity contribution is 0.474. The maximum absolute atomic E-state index is 9.94. The van der Waals surface area contributed by atoms with E-state index < -0.39 is 0 Å². The zero-order valence-electron chi connectivity index (χ0n) is 13.5. The maximum atomic E-state index is 9.94. The summed E-state index contributed by atoms with van der Waals surface area (Å²) in [6.07, 6.45) is 3.24. The molecule has 26 heavy (non-hydrogen) atoms. The zero-order valence-corrected chi connectivity index (χ0v) is 17.8. The summed E-state index contributed by atoms with van der Waals surface area (Å²) < 4.78 is 2.03. The summed E-state index contributed by atoms with van der Waals surface area (Å²) >= 11 is 4.38. The smallest absolute Gasteiger partial charge is 0.124 e. The van der Waals surface area contributed by atoms with Gasteiger partial charge in [-0.1, -0.05) is 12.1 Å². The summed E-state index contributed by atoms with van der Waals surface area (Å²) in [6, 6.07) is 18.1. The quantitative estimate of drug-likeness (QED) is 0.309. The van der Waals surface area contributed by atoms with E-state index in [1.54, 1.807) is 24.6 Å². The number of rotatable bonds is 4. The van der Waals surface area contributed by atoms with Crippen molar-refractivity contribution in [3.8, 4) is 11.5 Å². The number of phenolic OH excluding ortho intramolecular Hbond substituents is 2. The minimum atomic E-state index is 0.180. The van der Waals surface area contributed by atoms with Gasteiger partial charge in [-0.15, -0.1) is 0 Å². The molecule has 0 aliphatic carbocycles. The number of hydrogen-bond acceptors (Lipinski definition) is 4. The first-order chi connectivity index (χ1) is 12.5. The molecule has 0 heterocycles. The number of para-hydroxylation sites is 2. The minimum Gasteiger partial charge on any atom is -0.507 e. The van der Waals surface area contributed by atoms with E-state index in [9.17, 15) is 10.2 Å². The first-order valence-corrected chi connectivity index (χ1v) is 9.83. The van der Waals surface area contributed by atoms with Crippen LogP contribution in [0.25, 0.3) is 0 Å². The van der Waals surface area contributed by atoms with Gasteiger partial charge in [-0.05, 0) is 93.7 Å². The summed E-state index contributed by atoms with van der Waals surface area (Å²) in [5.74, 6) is 0.359. The summed E-state index contributed by atoms with van der Waals surface area (Å²) in [7, 11) is 0. The van der Waals surface area contributed by atoms with Gasteiger partial charge in [0.2, 0.25) is 0 Å². The van der Waals surface area contributed by atoms with Gasteiger partial charge in [0, 0.05) is 30.7 Å². The topological polar surface area (TPSA) is 65.2 Å². The van der Waals surface area contributed by atoms with Gasteiger partial charge < -0.3 is 10.2 Å². The highest BCUT2D eigenvalue weighted by molar-refractivity contribution is 14.1. The van der Waals surface area contributed by atoms with Crippen molar-refractivity contribution in [1.29, 1.82) is 0 Å². The highest BCUT2D eigenvalue weighted by Gasteiger charge is 2.02. The Balaban J connectivity index is 1.91. The third kappa shape index (κ3) is 4.82. The molecule has 0 saturated carbocycles. The molecule has 0 radical (unpaired) electrons. The van der Waals surface area contributed by atoms with E-state index in [2.05, 4.69) is 55.2 Å². The fourth-order valence-electron chi connectivity index (χ4n) is 2.22. The standard InChI is InChI=1S/C20H14I2N2O2/c21-15-5-7-19(25)13(9-15)11-23-17-3-1-2-4-18(17)24-12-14-10-16(22)6-8-20(14)26/h1-12,25-26H. The lowest BCUT2D eigenvalue weighted by atomic mass is 10.2. The molecule has 3 aromatic rings. The van der Waals surface area contributed by atoms with Crippen LogP contribution in [0.2, 0.25) is 0 Å². The van der Waals surface area contributed by atoms with E-state index >= 15 is 0 Å². The van der Waals surface area contributed by atoms with E-state index in [0.717, 1.165) is 7.14 Å². The van der Waals surface area contributed by atoms with Gasteiger partial charge >= 0.3 is 0 Å². The average Bonchev–Trinajstić information content (AvgIpc) is 2.64. The molecule has 0 atom stereocenters. The van der Waals surface area contributed by atoms with Crippen molar-refractivity contribution in [2.45, 2.75) is 0 Å². The number of phenols is 2. The van der Waals surface area contributed by atoms with Crippen molar-refractivity contribution in [2.24, 2.45) is 9.98 Å². The monoisotopic (exact) mass is 568 g/mol. The summed E-state index contributed by atoms with van der Waals surface area (Å²) in [5, 5.41) is 19.9. The van der Waals surface area contributed by atoms with E-state index in [-0.39, 0.29) is 11.5 Å². The average molecular weight is 568 g/mol. The number of benzene rings is 3. The van der Waals surface area contributed by atoms with Crippen molar-refractivity contribution in [3.63, 3.8) is 0 Å². The normalized spacial score (nSPS) is 11.5. The Bertz CT molecular complexity index is 920. The molecular weight excluding hydrogens is 554 g/mol. The van der Waals surface area contributed by atoms with Gasteiger partial charge in [0.1, 0.15) is 11.5 Å². The second-order valence-electron chi connectivity index (χ2n) is 5.41. The van der Waals surface area contributed by atoms with Crippen LogP contribution in [0, 0.1) is 7.14 Å². The molecule has 0 amide bonds. The van der Waals surface area contributed by atoms with E-state index in [4.69, 9.17) is 0 Å². The molecule has 3 aromatic carbocycles. The van der Waals surface area contributed by atoms with Crippen LogP contribution in [0.3, 0.4) is 0 Å². The van der Waals surface area contributed by atoms with Gasteiger partial charge in [-0.2, -0.15) is 0 Å². The Labute approximate surface area is 178 Å². The highest BCUT2D eigenvalue weighted by Crippen LogP contribution is 2.28. The molecule has 4 nitrogen and oxygen atoms in total. The molecule has 0 fully saturated rings. The van der Waals surface area contributed by atoms with Crippen LogP contribution in [0.15, 0.2) is 70.6 Å². The van der Waals surface area contributed by atoms with Crippen LogP contribution in [0.5, 0.6) is 11.5 Å². The Morgan fingerprint density at radius 2 is 1.08 bits per heavy atom. The Morgan fingerprint density at radius 1 is 0.654 bits per heavy atom. The van der Waals surface area contributed by atoms with Crippen LogP contribution in [0.4, 0.5) is 11.4 Å². The van der Waals surface area contributed by atoms with Crippen LogP contribution >= 0.6 is 45.2 Å². The summed E-state index contributed by atoms with van der Waals surface area (Å²) in [4.78, 5) is 8.93. The molecule has 0 aliphatic rings. The lowest BCUT2D eigenvalue weighted by Gasteiger charge is -2.03. The van der Waals surface area contributed by atoms with Crippen LogP contribution < -0.4 is 0 Å². The van der Waals surface area contributed by atoms with E-state index in [1.165, 1.54) is 0 Å². The predicted molar refractivity (Wildman–Crippen MR) is 123 cm³/mol. The second-order valence-corrected chi connectivity index (χ2v) is 7.90. The Kier molecular flexibility index (Phi) is 6.25. The molecule has 0 aliphatic heterocycles. The third-order valence-electron chi connectivity index (χ3n) is 3.55. The molecule has 0 aromatic heterocycles. The summed E-state index contributed by atoms with van der Waals surface area (Å²) in [5.41, 5.74) is 2.64. The fourth-order valence-corrected chi connectivity index (χ4v) is 3.25. The molecular formula is C20H14I2N2O2. The number of aliphatic imine (C=N–C) groups is 2. The lowest BCUT2D eigenvalue weighted by Crippen LogP contribution is -1.85. The fraction of sp³-hybridized carbons (Fsp3) is 0. The molecule has 6 heteroatoms. The SMILES string of the molecule is Oc1ccc(I)cc1C=Nc1ccccc1N=Cc1cc(I)ccc1O. The van der Waals surface area contributed by atoms with Crippen molar-refractivity contribution in [2.75, 3.05) is 0 Å². The van der Waals surface area contributed by atoms with Crippen molar-refractivity contribution >= 4 is 69.0 Å². The van der Waals surface area contributed by atoms with Gasteiger partial charge in [0.15, 0.2) is 0 Å². The zero-order chi connectivity index (χ0) is 18.5. The molecule has 0 spiro atoms. The van der Waals surface area contributed by atoms with Gasteiger partial charge in [0.25, 0.3) is 0 Å². The number of halogens is 2. The van der Waals surface area contributed by atoms with Crippen LogP contribution in [-0.2, 0) is 0 Å². The van der Waals surface area contributed by atoms with Crippen LogP contribution in [0.1, 0.15) is 11.1 Å². The van der Waals surface area contributed by atoms with E-state index in [0.29, 0.717) is 22.5 Å². The van der Waals surface area contributed by atoms with Crippen molar-refractivity contribution in [1.82, 2.24) is 0 Å². The minimum absolute atomic E-state index is 0.180. The van der Waals surface area contributed by atoms with Crippen molar-refractivity contribution in [3.05, 3.63) is 78.9 Å². The summed E-state index contributed by atoms with van der Waals surface area (Å²) in [6.45, 7) is 0. The van der Waals surface area contributed by atoms with Gasteiger partial charge in [-0.3, -0.25) is 9.98 Å². The molecule has 3 rings (SSSR count). The molecule has 0 bridgehead atoms. The third-order valence-corrected chi connectivity index (χ3v) is 4.89. The number of hydrogen-bond donors (Lipinski definition) is 2. The maximum Gasteiger partial charge on any atom is 0.124 e.